The summed E-state index contributed by atoms with van der Waals surface area (Å²) in [5.41, 5.74) is 5.60. The lowest BCUT2D eigenvalue weighted by Gasteiger charge is -2.26. The van der Waals surface area contributed by atoms with Crippen molar-refractivity contribution in [3.8, 4) is 0 Å². The van der Waals surface area contributed by atoms with Gasteiger partial charge < -0.3 is 5.32 Å². The van der Waals surface area contributed by atoms with Crippen LogP contribution < -0.4 is 5.32 Å². The molecule has 0 spiro atoms. The maximum atomic E-state index is 4.59. The van der Waals surface area contributed by atoms with Crippen LogP contribution in [-0.4, -0.2) is 23.3 Å². The second-order valence-electron chi connectivity index (χ2n) is 5.96. The minimum absolute atomic E-state index is 0.780. The number of H-pyrrole nitrogens is 1. The van der Waals surface area contributed by atoms with E-state index in [2.05, 4.69) is 35.4 Å². The van der Waals surface area contributed by atoms with Crippen molar-refractivity contribution in [1.82, 2.24) is 15.5 Å². The van der Waals surface area contributed by atoms with E-state index < -0.39 is 0 Å². The molecular formula is C15H23N3. The number of aromatic nitrogens is 2. The molecule has 0 saturated carbocycles. The number of rotatable bonds is 2. The van der Waals surface area contributed by atoms with Crippen LogP contribution in [0.15, 0.2) is 6.08 Å². The Bertz CT molecular complexity index is 456. The van der Waals surface area contributed by atoms with Gasteiger partial charge in [-0.25, -0.2) is 0 Å². The van der Waals surface area contributed by atoms with Gasteiger partial charge in [0, 0.05) is 17.8 Å². The van der Waals surface area contributed by atoms with E-state index in [-0.39, 0.29) is 0 Å². The van der Waals surface area contributed by atoms with Crippen molar-refractivity contribution in [3.63, 3.8) is 0 Å². The molecule has 0 amide bonds. The van der Waals surface area contributed by atoms with E-state index in [4.69, 9.17) is 0 Å². The van der Waals surface area contributed by atoms with Crippen molar-refractivity contribution in [3.05, 3.63) is 23.0 Å². The highest BCUT2D eigenvalue weighted by Crippen LogP contribution is 2.34. The fraction of sp³-hybridized carbons (Fsp3) is 0.667. The highest BCUT2D eigenvalue weighted by molar-refractivity contribution is 5.67. The summed E-state index contributed by atoms with van der Waals surface area (Å²) < 4.78 is 0. The molecule has 1 aromatic heterocycles. The van der Waals surface area contributed by atoms with Gasteiger partial charge in [0.2, 0.25) is 0 Å². The number of hydrogen-bond donors (Lipinski definition) is 2. The standard InChI is InChI=1S/C15H23N3/c1-10(2)12-3-4-14-13(9-12)15(18-17-14)11-5-7-16-8-6-11/h5,10,12,16H,3-4,6-9H2,1-2H3,(H,17,18). The summed E-state index contributed by atoms with van der Waals surface area (Å²) in [6, 6.07) is 0. The van der Waals surface area contributed by atoms with Crippen LogP contribution in [0.2, 0.25) is 0 Å². The Labute approximate surface area is 109 Å². The fourth-order valence-corrected chi connectivity index (χ4v) is 3.19. The molecule has 2 heterocycles. The normalized spacial score (nSPS) is 23.9. The molecule has 18 heavy (non-hydrogen) atoms. The maximum Gasteiger partial charge on any atom is 0.0913 e. The van der Waals surface area contributed by atoms with Gasteiger partial charge in [-0.3, -0.25) is 5.10 Å². The van der Waals surface area contributed by atoms with Gasteiger partial charge in [-0.05, 0) is 49.6 Å². The Morgan fingerprint density at radius 2 is 2.22 bits per heavy atom. The van der Waals surface area contributed by atoms with Crippen LogP contribution in [0.5, 0.6) is 0 Å². The number of nitrogens with one attached hydrogen (secondary N) is 2. The average molecular weight is 245 g/mol. The largest absolute Gasteiger partial charge is 0.313 e. The van der Waals surface area contributed by atoms with E-state index in [0.29, 0.717) is 0 Å². The molecular weight excluding hydrogens is 222 g/mol. The molecule has 3 nitrogen and oxygen atoms in total. The van der Waals surface area contributed by atoms with E-state index in [1.165, 1.54) is 41.8 Å². The summed E-state index contributed by atoms with van der Waals surface area (Å²) in [7, 11) is 0. The Morgan fingerprint density at radius 1 is 1.33 bits per heavy atom. The highest BCUT2D eigenvalue weighted by atomic mass is 15.1. The highest BCUT2D eigenvalue weighted by Gasteiger charge is 2.26. The average Bonchev–Trinajstić information content (AvgIpc) is 2.82. The molecule has 1 aliphatic heterocycles. The maximum absolute atomic E-state index is 4.59. The molecule has 98 valence electrons. The first-order chi connectivity index (χ1) is 8.75. The van der Waals surface area contributed by atoms with Crippen LogP contribution in [0.3, 0.4) is 0 Å². The zero-order valence-corrected chi connectivity index (χ0v) is 11.4. The topological polar surface area (TPSA) is 40.7 Å². The Kier molecular flexibility index (Phi) is 3.25. The van der Waals surface area contributed by atoms with Crippen LogP contribution in [0.1, 0.15) is 43.6 Å². The van der Waals surface area contributed by atoms with Crippen molar-refractivity contribution in [2.24, 2.45) is 11.8 Å². The van der Waals surface area contributed by atoms with E-state index in [1.807, 2.05) is 0 Å². The first-order valence-corrected chi connectivity index (χ1v) is 7.22. The SMILES string of the molecule is CC(C)C1CCc2[nH]nc(C3=CCNCC3)c2C1. The van der Waals surface area contributed by atoms with E-state index in [0.717, 1.165) is 31.3 Å². The van der Waals surface area contributed by atoms with Crippen molar-refractivity contribution < 1.29 is 0 Å². The molecule has 0 saturated heterocycles. The number of aryl methyl sites for hydroxylation is 1. The van der Waals surface area contributed by atoms with Crippen molar-refractivity contribution in [2.45, 2.75) is 39.5 Å². The van der Waals surface area contributed by atoms with Crippen LogP contribution in [0.25, 0.3) is 5.57 Å². The second kappa shape index (κ2) is 4.88. The first-order valence-electron chi connectivity index (χ1n) is 7.22. The summed E-state index contributed by atoms with van der Waals surface area (Å²) in [6.45, 7) is 6.77. The first kappa shape index (κ1) is 12.0. The lowest BCUT2D eigenvalue weighted by Crippen LogP contribution is -2.22. The second-order valence-corrected chi connectivity index (χ2v) is 5.96. The van der Waals surface area contributed by atoms with Crippen molar-refractivity contribution >= 4 is 5.57 Å². The monoisotopic (exact) mass is 245 g/mol. The summed E-state index contributed by atoms with van der Waals surface area (Å²) >= 11 is 0. The third-order valence-electron chi connectivity index (χ3n) is 4.50. The van der Waals surface area contributed by atoms with E-state index >= 15 is 0 Å². The molecule has 2 aliphatic rings. The van der Waals surface area contributed by atoms with Gasteiger partial charge in [0.15, 0.2) is 0 Å². The van der Waals surface area contributed by atoms with Crippen LogP contribution >= 0.6 is 0 Å². The number of aromatic amines is 1. The number of hydrogen-bond acceptors (Lipinski definition) is 2. The van der Waals surface area contributed by atoms with Gasteiger partial charge in [0.1, 0.15) is 0 Å². The molecule has 2 N–H and O–H groups in total. The zero-order valence-electron chi connectivity index (χ0n) is 11.4. The quantitative estimate of drug-likeness (QED) is 0.840. The third-order valence-corrected chi connectivity index (χ3v) is 4.50. The molecule has 1 unspecified atom stereocenters. The molecule has 0 aromatic carbocycles. The van der Waals surface area contributed by atoms with Gasteiger partial charge in [0.05, 0.1) is 5.69 Å². The summed E-state index contributed by atoms with van der Waals surface area (Å²) in [5.74, 6) is 1.61. The predicted octanol–water partition coefficient (Wildman–Crippen LogP) is 2.55. The van der Waals surface area contributed by atoms with E-state index in [1.54, 1.807) is 0 Å². The summed E-state index contributed by atoms with van der Waals surface area (Å²) in [4.78, 5) is 0. The molecule has 0 bridgehead atoms. The molecule has 1 aromatic rings. The summed E-state index contributed by atoms with van der Waals surface area (Å²) in [5, 5.41) is 11.2. The van der Waals surface area contributed by atoms with Gasteiger partial charge >= 0.3 is 0 Å². The van der Waals surface area contributed by atoms with Crippen LogP contribution in [0, 0.1) is 11.8 Å². The number of fused-ring (bicyclic) bond motifs is 1. The van der Waals surface area contributed by atoms with Crippen molar-refractivity contribution in [2.75, 3.05) is 13.1 Å². The van der Waals surface area contributed by atoms with Gasteiger partial charge in [-0.1, -0.05) is 19.9 Å². The molecule has 0 radical (unpaired) electrons. The Morgan fingerprint density at radius 3 is 2.94 bits per heavy atom. The molecule has 3 rings (SSSR count). The van der Waals surface area contributed by atoms with Gasteiger partial charge in [0.25, 0.3) is 0 Å². The van der Waals surface area contributed by atoms with E-state index in [9.17, 15) is 0 Å². The third kappa shape index (κ3) is 2.12. The fourth-order valence-electron chi connectivity index (χ4n) is 3.19. The lowest BCUT2D eigenvalue weighted by molar-refractivity contribution is 0.341. The minimum Gasteiger partial charge on any atom is -0.313 e. The molecule has 1 atom stereocenters. The Balaban J connectivity index is 1.90. The molecule has 3 heteroatoms. The van der Waals surface area contributed by atoms with Crippen LogP contribution in [-0.2, 0) is 12.8 Å². The summed E-state index contributed by atoms with van der Waals surface area (Å²) in [6.07, 6.45) is 7.12. The Hall–Kier alpha value is -1.09. The molecule has 1 aliphatic carbocycles. The predicted molar refractivity (Wildman–Crippen MR) is 74.4 cm³/mol. The van der Waals surface area contributed by atoms with Gasteiger partial charge in [-0.15, -0.1) is 0 Å². The lowest BCUT2D eigenvalue weighted by atomic mass is 9.79. The zero-order chi connectivity index (χ0) is 12.5. The smallest absolute Gasteiger partial charge is 0.0913 e. The minimum atomic E-state index is 0.780. The van der Waals surface area contributed by atoms with Gasteiger partial charge in [-0.2, -0.15) is 5.10 Å². The molecule has 0 fully saturated rings. The van der Waals surface area contributed by atoms with Crippen LogP contribution in [0.4, 0.5) is 0 Å². The van der Waals surface area contributed by atoms with Crippen molar-refractivity contribution in [1.29, 1.82) is 0 Å². The number of nitrogens with zero attached hydrogens (tertiary/aromatic N) is 1.